The van der Waals surface area contributed by atoms with E-state index in [1.54, 1.807) is 18.2 Å². The van der Waals surface area contributed by atoms with Crippen LogP contribution in [0.25, 0.3) is 0 Å². The van der Waals surface area contributed by atoms with E-state index in [1.165, 1.54) is 42.6 Å². The number of nitrogens with one attached hydrogen (secondary N) is 1. The SMILES string of the molecule is O=C(N/N=C\c1cccc(OC(=O)c2ccc(Cl)cc2Cl)c1)c1cc(O)cc(O)c1. The number of amides is 1. The number of carbonyl (C=O) groups excluding carboxylic acids is 2. The van der Waals surface area contributed by atoms with Crippen molar-refractivity contribution in [2.75, 3.05) is 0 Å². The van der Waals surface area contributed by atoms with Gasteiger partial charge in [-0.25, -0.2) is 10.2 Å². The van der Waals surface area contributed by atoms with Crippen molar-refractivity contribution in [2.45, 2.75) is 0 Å². The Morgan fingerprint density at radius 1 is 0.967 bits per heavy atom. The van der Waals surface area contributed by atoms with Gasteiger partial charge in [0.1, 0.15) is 17.2 Å². The van der Waals surface area contributed by atoms with Crippen LogP contribution >= 0.6 is 23.2 Å². The van der Waals surface area contributed by atoms with E-state index in [0.29, 0.717) is 10.6 Å². The predicted molar refractivity (Wildman–Crippen MR) is 113 cm³/mol. The molecule has 30 heavy (non-hydrogen) atoms. The van der Waals surface area contributed by atoms with Gasteiger partial charge in [-0.05, 0) is 48.0 Å². The molecular formula is C21H14Cl2N2O5. The molecule has 0 bridgehead atoms. The average Bonchev–Trinajstić information content (AvgIpc) is 2.67. The fourth-order valence-corrected chi connectivity index (χ4v) is 2.92. The van der Waals surface area contributed by atoms with Crippen LogP contribution in [0.3, 0.4) is 0 Å². The van der Waals surface area contributed by atoms with Crippen LogP contribution in [-0.4, -0.2) is 28.3 Å². The Kier molecular flexibility index (Phi) is 6.56. The van der Waals surface area contributed by atoms with Gasteiger partial charge in [-0.3, -0.25) is 4.79 Å². The second-order valence-electron chi connectivity index (χ2n) is 6.02. The number of rotatable bonds is 5. The third kappa shape index (κ3) is 5.50. The minimum atomic E-state index is -0.650. The van der Waals surface area contributed by atoms with Crippen LogP contribution in [0.15, 0.2) is 65.8 Å². The van der Waals surface area contributed by atoms with E-state index in [1.807, 2.05) is 0 Å². The monoisotopic (exact) mass is 444 g/mol. The molecular weight excluding hydrogens is 431 g/mol. The molecule has 0 fully saturated rings. The van der Waals surface area contributed by atoms with E-state index in [0.717, 1.165) is 6.07 Å². The highest BCUT2D eigenvalue weighted by molar-refractivity contribution is 6.36. The molecule has 0 aromatic heterocycles. The number of carbonyl (C=O) groups is 2. The second-order valence-corrected chi connectivity index (χ2v) is 6.87. The van der Waals surface area contributed by atoms with Crippen LogP contribution in [0.1, 0.15) is 26.3 Å². The first-order valence-electron chi connectivity index (χ1n) is 8.45. The van der Waals surface area contributed by atoms with Crippen molar-refractivity contribution in [1.82, 2.24) is 5.43 Å². The Labute approximate surface area is 181 Å². The number of nitrogens with zero attached hydrogens (tertiary/aromatic N) is 1. The summed E-state index contributed by atoms with van der Waals surface area (Å²) in [7, 11) is 0. The molecule has 0 unspecified atom stereocenters. The van der Waals surface area contributed by atoms with Gasteiger partial charge in [-0.2, -0.15) is 5.10 Å². The maximum absolute atomic E-state index is 12.3. The van der Waals surface area contributed by atoms with E-state index in [4.69, 9.17) is 27.9 Å². The van der Waals surface area contributed by atoms with Crippen molar-refractivity contribution in [3.05, 3.63) is 87.4 Å². The number of ether oxygens (including phenoxy) is 1. The Morgan fingerprint density at radius 2 is 1.70 bits per heavy atom. The van der Waals surface area contributed by atoms with Crippen molar-refractivity contribution in [2.24, 2.45) is 5.10 Å². The summed E-state index contributed by atoms with van der Waals surface area (Å²) >= 11 is 11.8. The summed E-state index contributed by atoms with van der Waals surface area (Å²) in [5, 5.41) is 23.2. The minimum Gasteiger partial charge on any atom is -0.508 e. The fourth-order valence-electron chi connectivity index (χ4n) is 2.43. The molecule has 9 heteroatoms. The van der Waals surface area contributed by atoms with Gasteiger partial charge in [-0.15, -0.1) is 0 Å². The standard InChI is InChI=1S/C21H14Cl2N2O5/c22-14-4-5-18(19(23)9-14)21(29)30-17-3-1-2-12(6-17)11-24-25-20(28)13-7-15(26)10-16(27)8-13/h1-11,26-27H,(H,25,28)/b24-11-. The lowest BCUT2D eigenvalue weighted by Gasteiger charge is -2.07. The molecule has 7 nitrogen and oxygen atoms in total. The maximum Gasteiger partial charge on any atom is 0.345 e. The Hall–Kier alpha value is -3.55. The molecule has 0 aliphatic rings. The molecule has 0 saturated carbocycles. The van der Waals surface area contributed by atoms with Crippen LogP contribution in [0, 0.1) is 0 Å². The number of hydrazone groups is 1. The number of halogens is 2. The van der Waals surface area contributed by atoms with E-state index in [9.17, 15) is 19.8 Å². The summed E-state index contributed by atoms with van der Waals surface area (Å²) in [5.74, 6) is -1.53. The second kappa shape index (κ2) is 9.30. The molecule has 0 heterocycles. The predicted octanol–water partition coefficient (Wildman–Crippen LogP) is 4.39. The molecule has 3 aromatic rings. The van der Waals surface area contributed by atoms with Crippen LogP contribution in [0.2, 0.25) is 10.0 Å². The zero-order chi connectivity index (χ0) is 21.7. The first kappa shape index (κ1) is 21.2. The Balaban J connectivity index is 1.66. The fraction of sp³-hybridized carbons (Fsp3) is 0. The molecule has 1 amide bonds. The molecule has 0 aliphatic heterocycles. The highest BCUT2D eigenvalue weighted by Crippen LogP contribution is 2.23. The molecule has 152 valence electrons. The third-order valence-electron chi connectivity index (χ3n) is 3.76. The molecule has 0 saturated heterocycles. The number of hydrogen-bond acceptors (Lipinski definition) is 6. The third-order valence-corrected chi connectivity index (χ3v) is 4.31. The molecule has 3 N–H and O–H groups in total. The van der Waals surface area contributed by atoms with Crippen LogP contribution in [0.4, 0.5) is 0 Å². The van der Waals surface area contributed by atoms with Crippen molar-refractivity contribution in [3.8, 4) is 17.2 Å². The van der Waals surface area contributed by atoms with Gasteiger partial charge in [0.2, 0.25) is 0 Å². The first-order valence-corrected chi connectivity index (χ1v) is 9.21. The van der Waals surface area contributed by atoms with Crippen LogP contribution in [-0.2, 0) is 0 Å². The molecule has 0 aliphatic carbocycles. The topological polar surface area (TPSA) is 108 Å². The number of esters is 1. The molecule has 3 aromatic carbocycles. The van der Waals surface area contributed by atoms with Crippen LogP contribution in [0.5, 0.6) is 17.2 Å². The summed E-state index contributed by atoms with van der Waals surface area (Å²) in [6.07, 6.45) is 1.34. The highest BCUT2D eigenvalue weighted by Gasteiger charge is 2.13. The molecule has 0 atom stereocenters. The summed E-state index contributed by atoms with van der Waals surface area (Å²) in [4.78, 5) is 24.3. The maximum atomic E-state index is 12.3. The summed E-state index contributed by atoms with van der Waals surface area (Å²) in [5.41, 5.74) is 3.02. The van der Waals surface area contributed by atoms with Crippen molar-refractivity contribution < 1.29 is 24.5 Å². The van der Waals surface area contributed by atoms with E-state index in [-0.39, 0.29) is 33.4 Å². The number of phenols is 2. The van der Waals surface area contributed by atoms with E-state index in [2.05, 4.69) is 10.5 Å². The van der Waals surface area contributed by atoms with Gasteiger partial charge >= 0.3 is 5.97 Å². The lowest BCUT2D eigenvalue weighted by Crippen LogP contribution is -2.17. The Bertz CT molecular complexity index is 1130. The van der Waals surface area contributed by atoms with Crippen molar-refractivity contribution in [3.63, 3.8) is 0 Å². The number of phenolic OH excluding ortho intramolecular Hbond substituents is 2. The average molecular weight is 445 g/mol. The van der Waals surface area contributed by atoms with Gasteiger partial charge in [0, 0.05) is 16.7 Å². The molecule has 3 rings (SSSR count). The summed E-state index contributed by atoms with van der Waals surface area (Å²) < 4.78 is 5.31. The number of aromatic hydroxyl groups is 2. The molecule has 0 spiro atoms. The normalized spacial score (nSPS) is 10.7. The van der Waals surface area contributed by atoms with Crippen molar-refractivity contribution >= 4 is 41.3 Å². The van der Waals surface area contributed by atoms with E-state index >= 15 is 0 Å². The quantitative estimate of drug-likeness (QED) is 0.234. The van der Waals surface area contributed by atoms with Gasteiger partial charge in [0.15, 0.2) is 0 Å². The van der Waals surface area contributed by atoms with E-state index < -0.39 is 11.9 Å². The highest BCUT2D eigenvalue weighted by atomic mass is 35.5. The van der Waals surface area contributed by atoms with Crippen molar-refractivity contribution in [1.29, 1.82) is 0 Å². The van der Waals surface area contributed by atoms with Gasteiger partial charge in [-0.1, -0.05) is 35.3 Å². The Morgan fingerprint density at radius 3 is 2.40 bits per heavy atom. The first-order chi connectivity index (χ1) is 14.3. The van der Waals surface area contributed by atoms with Gasteiger partial charge in [0.05, 0.1) is 16.8 Å². The van der Waals surface area contributed by atoms with Gasteiger partial charge in [0.25, 0.3) is 5.91 Å². The summed E-state index contributed by atoms with van der Waals surface area (Å²) in [6.45, 7) is 0. The lowest BCUT2D eigenvalue weighted by atomic mass is 10.2. The van der Waals surface area contributed by atoms with Crippen LogP contribution < -0.4 is 10.2 Å². The zero-order valence-corrected chi connectivity index (χ0v) is 16.7. The zero-order valence-electron chi connectivity index (χ0n) is 15.2. The largest absolute Gasteiger partial charge is 0.508 e. The van der Waals surface area contributed by atoms with Gasteiger partial charge < -0.3 is 14.9 Å². The minimum absolute atomic E-state index is 0.0344. The smallest absolute Gasteiger partial charge is 0.345 e. The summed E-state index contributed by atoms with van der Waals surface area (Å²) in [6, 6.07) is 14.4. The number of hydrogen-bond donors (Lipinski definition) is 3. The lowest BCUT2D eigenvalue weighted by molar-refractivity contribution is 0.0734. The number of benzene rings is 3. The molecule has 0 radical (unpaired) electrons.